The Morgan fingerprint density at radius 3 is 2.30 bits per heavy atom. The van der Waals surface area contributed by atoms with Gasteiger partial charge in [0.2, 0.25) is 15.9 Å². The molecule has 3 aromatic carbocycles. The number of nitrogens with zero attached hydrogens (tertiary/aromatic N) is 3. The minimum Gasteiger partial charge on any atom is -0.495 e. The largest absolute Gasteiger partial charge is 0.495 e. The average Bonchev–Trinajstić information content (AvgIpc) is 3.31. The van der Waals surface area contributed by atoms with E-state index in [4.69, 9.17) is 16.3 Å². The number of halogens is 1. The van der Waals surface area contributed by atoms with Crippen molar-refractivity contribution in [3.8, 4) is 5.75 Å². The summed E-state index contributed by atoms with van der Waals surface area (Å²) in [5.74, 6) is -0.249. The number of rotatable bonds is 8. The Balaban J connectivity index is 1.73. The van der Waals surface area contributed by atoms with Gasteiger partial charge in [0.25, 0.3) is 10.0 Å². The Morgan fingerprint density at radius 2 is 1.65 bits per heavy atom. The number of anilines is 2. The lowest BCUT2D eigenvalue weighted by Gasteiger charge is -2.28. The molecule has 0 spiro atoms. The van der Waals surface area contributed by atoms with Crippen LogP contribution in [0.3, 0.4) is 0 Å². The van der Waals surface area contributed by atoms with Crippen LogP contribution in [0.2, 0.25) is 5.02 Å². The number of amides is 1. The second-order valence-corrected chi connectivity index (χ2v) is 13.0. The maximum atomic E-state index is 13.7. The molecule has 0 saturated heterocycles. The van der Waals surface area contributed by atoms with Gasteiger partial charge >= 0.3 is 0 Å². The minimum absolute atomic E-state index is 0.00480. The Hall–Kier alpha value is -3.12. The highest BCUT2D eigenvalue weighted by molar-refractivity contribution is 7.93. The summed E-state index contributed by atoms with van der Waals surface area (Å²) in [5.41, 5.74) is 1.35. The number of fused-ring (bicyclic) bond motifs is 1. The van der Waals surface area contributed by atoms with Crippen LogP contribution in [0.15, 0.2) is 76.5 Å². The molecular weight excluding hydrogens is 538 g/mol. The quantitative estimate of drug-likeness (QED) is 0.416. The van der Waals surface area contributed by atoms with Crippen LogP contribution in [0.1, 0.15) is 5.56 Å². The van der Waals surface area contributed by atoms with Gasteiger partial charge in [-0.25, -0.2) is 21.1 Å². The van der Waals surface area contributed by atoms with Crippen LogP contribution in [0.25, 0.3) is 0 Å². The smallest absolute Gasteiger partial charge is 0.264 e. The zero-order valence-electron chi connectivity index (χ0n) is 20.5. The van der Waals surface area contributed by atoms with Crippen molar-refractivity contribution in [3.05, 3.63) is 77.3 Å². The molecule has 0 atom stereocenters. The van der Waals surface area contributed by atoms with E-state index in [2.05, 4.69) is 0 Å². The molecule has 1 aliphatic rings. The van der Waals surface area contributed by atoms with Crippen LogP contribution in [-0.4, -0.2) is 61.3 Å². The molecule has 0 radical (unpaired) electrons. The van der Waals surface area contributed by atoms with Crippen LogP contribution in [0, 0.1) is 0 Å². The average molecular weight is 564 g/mol. The fourth-order valence-electron chi connectivity index (χ4n) is 4.09. The predicted octanol–water partition coefficient (Wildman–Crippen LogP) is 3.38. The molecule has 9 nitrogen and oxygen atoms in total. The van der Waals surface area contributed by atoms with E-state index in [0.717, 1.165) is 8.61 Å². The molecule has 196 valence electrons. The number of carbonyl (C=O) groups is 1. The fourth-order valence-corrected chi connectivity index (χ4v) is 6.65. The summed E-state index contributed by atoms with van der Waals surface area (Å²) in [7, 11) is -3.52. The molecule has 0 saturated carbocycles. The lowest BCUT2D eigenvalue weighted by Crippen LogP contribution is -2.42. The first-order valence-electron chi connectivity index (χ1n) is 11.2. The summed E-state index contributed by atoms with van der Waals surface area (Å²) in [4.78, 5) is 15.2. The molecule has 12 heteroatoms. The monoisotopic (exact) mass is 563 g/mol. The van der Waals surface area contributed by atoms with Crippen molar-refractivity contribution in [2.75, 3.05) is 43.5 Å². The molecule has 4 rings (SSSR count). The van der Waals surface area contributed by atoms with Crippen molar-refractivity contribution in [1.29, 1.82) is 0 Å². The Bertz CT molecular complexity index is 1540. The molecular formula is C25H26ClN3O6S2. The summed E-state index contributed by atoms with van der Waals surface area (Å²) in [6.45, 7) is -0.239. The summed E-state index contributed by atoms with van der Waals surface area (Å²) < 4.78 is 60.0. The van der Waals surface area contributed by atoms with Crippen LogP contribution in [-0.2, 0) is 31.3 Å². The van der Waals surface area contributed by atoms with E-state index in [1.54, 1.807) is 36.4 Å². The summed E-state index contributed by atoms with van der Waals surface area (Å²) in [6, 6.07) is 16.9. The van der Waals surface area contributed by atoms with Crippen LogP contribution in [0.5, 0.6) is 5.75 Å². The summed E-state index contributed by atoms with van der Waals surface area (Å²) in [5, 5.41) is 0.276. The van der Waals surface area contributed by atoms with E-state index < -0.39 is 32.5 Å². The summed E-state index contributed by atoms with van der Waals surface area (Å²) >= 11 is 6.19. The Labute approximate surface area is 221 Å². The van der Waals surface area contributed by atoms with Gasteiger partial charge in [0.15, 0.2) is 0 Å². The van der Waals surface area contributed by atoms with Gasteiger partial charge in [-0.2, -0.15) is 0 Å². The molecule has 0 aromatic heterocycles. The van der Waals surface area contributed by atoms with E-state index in [1.165, 1.54) is 56.4 Å². The van der Waals surface area contributed by atoms with Crippen molar-refractivity contribution in [1.82, 2.24) is 4.31 Å². The highest BCUT2D eigenvalue weighted by Gasteiger charge is 2.34. The number of methoxy groups -OCH3 is 1. The maximum Gasteiger partial charge on any atom is 0.264 e. The lowest BCUT2D eigenvalue weighted by atomic mass is 10.2. The molecule has 37 heavy (non-hydrogen) atoms. The van der Waals surface area contributed by atoms with Gasteiger partial charge in [0.05, 0.1) is 22.6 Å². The number of sulfonamides is 2. The molecule has 0 bridgehead atoms. The number of carbonyl (C=O) groups excluding carboxylic acids is 1. The third kappa shape index (κ3) is 5.17. The second kappa shape index (κ2) is 10.3. The predicted molar refractivity (Wildman–Crippen MR) is 142 cm³/mol. The Kier molecular flexibility index (Phi) is 7.52. The summed E-state index contributed by atoms with van der Waals surface area (Å²) in [6.07, 6.45) is 0.434. The Morgan fingerprint density at radius 1 is 0.946 bits per heavy atom. The van der Waals surface area contributed by atoms with Gasteiger partial charge in [0.1, 0.15) is 12.3 Å². The molecule has 0 unspecified atom stereocenters. The number of ether oxygens (including phenoxy) is 1. The first-order valence-corrected chi connectivity index (χ1v) is 14.5. The van der Waals surface area contributed by atoms with E-state index in [-0.39, 0.29) is 32.8 Å². The first kappa shape index (κ1) is 26.9. The van der Waals surface area contributed by atoms with Gasteiger partial charge in [-0.05, 0) is 60.5 Å². The fraction of sp³-hybridized carbons (Fsp3) is 0.240. The van der Waals surface area contributed by atoms with Crippen LogP contribution >= 0.6 is 11.6 Å². The molecule has 0 aliphatic carbocycles. The zero-order chi connectivity index (χ0) is 27.0. The molecule has 1 amide bonds. The minimum atomic E-state index is -4.18. The second-order valence-electron chi connectivity index (χ2n) is 8.51. The zero-order valence-corrected chi connectivity index (χ0v) is 22.8. The molecule has 0 fully saturated rings. The van der Waals surface area contributed by atoms with E-state index >= 15 is 0 Å². The third-order valence-electron chi connectivity index (χ3n) is 6.05. The standard InChI is InChI=1S/C25H26ClN3O6S2/c1-27(2)36(31,32)21-10-11-22-18(15-21)13-14-28(22)25(30)17-29(23-16-19(26)9-12-24(23)35-3)37(33,34)20-7-5-4-6-8-20/h4-12,15-16H,13-14,17H2,1-3H3. The number of benzene rings is 3. The topological polar surface area (TPSA) is 104 Å². The maximum absolute atomic E-state index is 13.7. The molecule has 1 heterocycles. The van der Waals surface area contributed by atoms with E-state index in [9.17, 15) is 21.6 Å². The third-order valence-corrected chi connectivity index (χ3v) is 9.87. The van der Waals surface area contributed by atoms with Gasteiger partial charge in [-0.3, -0.25) is 9.10 Å². The van der Waals surface area contributed by atoms with Crippen molar-refractivity contribution in [2.45, 2.75) is 16.2 Å². The molecule has 3 aromatic rings. The van der Waals surface area contributed by atoms with E-state index in [1.807, 2.05) is 0 Å². The lowest BCUT2D eigenvalue weighted by molar-refractivity contribution is -0.117. The van der Waals surface area contributed by atoms with Crippen molar-refractivity contribution in [3.63, 3.8) is 0 Å². The van der Waals surface area contributed by atoms with E-state index in [0.29, 0.717) is 17.7 Å². The number of hydrogen-bond donors (Lipinski definition) is 0. The van der Waals surface area contributed by atoms with Gasteiger partial charge in [0, 0.05) is 31.4 Å². The highest BCUT2D eigenvalue weighted by Crippen LogP contribution is 2.36. The normalized spacial score (nSPS) is 13.5. The van der Waals surface area contributed by atoms with Crippen LogP contribution < -0.4 is 13.9 Å². The highest BCUT2D eigenvalue weighted by atomic mass is 35.5. The van der Waals surface area contributed by atoms with Crippen molar-refractivity contribution >= 4 is 48.9 Å². The van der Waals surface area contributed by atoms with Gasteiger partial charge in [-0.15, -0.1) is 0 Å². The molecule has 0 N–H and O–H groups in total. The van der Waals surface area contributed by atoms with Gasteiger partial charge in [-0.1, -0.05) is 29.8 Å². The van der Waals surface area contributed by atoms with Crippen LogP contribution in [0.4, 0.5) is 11.4 Å². The number of hydrogen-bond acceptors (Lipinski definition) is 6. The van der Waals surface area contributed by atoms with Crippen molar-refractivity contribution in [2.24, 2.45) is 0 Å². The van der Waals surface area contributed by atoms with Gasteiger partial charge < -0.3 is 9.64 Å². The first-order chi connectivity index (χ1) is 17.5. The SMILES string of the molecule is COc1ccc(Cl)cc1N(CC(=O)N1CCc2cc(S(=O)(=O)N(C)C)ccc21)S(=O)(=O)c1ccccc1. The van der Waals surface area contributed by atoms with Crippen molar-refractivity contribution < 1.29 is 26.4 Å². The molecule has 1 aliphatic heterocycles.